The van der Waals surface area contributed by atoms with E-state index in [1.165, 1.54) is 11.3 Å². The summed E-state index contributed by atoms with van der Waals surface area (Å²) in [4.78, 5) is 23.7. The first-order valence-electron chi connectivity index (χ1n) is 7.87. The summed E-state index contributed by atoms with van der Waals surface area (Å²) >= 11 is 4.97. The van der Waals surface area contributed by atoms with E-state index in [2.05, 4.69) is 31.0 Å². The molecular weight excluding hydrogens is 414 g/mol. The normalized spacial score (nSPS) is 11.0. The Morgan fingerprint density at radius 1 is 1.27 bits per heavy atom. The van der Waals surface area contributed by atoms with Crippen molar-refractivity contribution in [1.29, 1.82) is 0 Å². The number of anilines is 1. The Morgan fingerprint density at radius 3 is 2.88 bits per heavy atom. The van der Waals surface area contributed by atoms with Gasteiger partial charge in [-0.3, -0.25) is 19.4 Å². The van der Waals surface area contributed by atoms with Crippen LogP contribution in [0.25, 0.3) is 10.2 Å². The maximum atomic E-state index is 13.2. The van der Waals surface area contributed by atoms with Gasteiger partial charge in [-0.25, -0.2) is 4.98 Å². The maximum Gasteiger partial charge on any atom is 0.278 e. The van der Waals surface area contributed by atoms with E-state index in [-0.39, 0.29) is 5.91 Å². The van der Waals surface area contributed by atoms with Gasteiger partial charge in [-0.1, -0.05) is 33.3 Å². The van der Waals surface area contributed by atoms with Gasteiger partial charge in [0.25, 0.3) is 5.91 Å². The molecule has 6 nitrogen and oxygen atoms in total. The Hall–Kier alpha value is -2.58. The molecule has 0 atom stereocenters. The van der Waals surface area contributed by atoms with Crippen molar-refractivity contribution in [2.45, 2.75) is 6.54 Å². The fraction of sp³-hybridized carbons (Fsp3) is 0.111. The second-order valence-corrected chi connectivity index (χ2v) is 7.63. The van der Waals surface area contributed by atoms with Crippen molar-refractivity contribution in [2.75, 3.05) is 4.90 Å². The van der Waals surface area contributed by atoms with Crippen LogP contribution in [0.5, 0.6) is 0 Å². The zero-order chi connectivity index (χ0) is 18.1. The number of hydrogen-bond acceptors (Lipinski definition) is 5. The summed E-state index contributed by atoms with van der Waals surface area (Å²) in [6, 6.07) is 11.4. The van der Waals surface area contributed by atoms with E-state index >= 15 is 0 Å². The summed E-state index contributed by atoms with van der Waals surface area (Å²) in [7, 11) is 1.75. The van der Waals surface area contributed by atoms with E-state index < -0.39 is 0 Å². The van der Waals surface area contributed by atoms with Gasteiger partial charge in [0, 0.05) is 30.1 Å². The van der Waals surface area contributed by atoms with Gasteiger partial charge in [0.05, 0.1) is 16.8 Å². The van der Waals surface area contributed by atoms with Crippen molar-refractivity contribution in [3.8, 4) is 0 Å². The zero-order valence-corrected chi connectivity index (χ0v) is 16.2. The summed E-state index contributed by atoms with van der Waals surface area (Å²) in [6.07, 6.45) is 5.09. The maximum absolute atomic E-state index is 13.2. The number of rotatable bonds is 4. The minimum atomic E-state index is -0.146. The molecule has 0 radical (unpaired) electrons. The van der Waals surface area contributed by atoms with Crippen molar-refractivity contribution >= 4 is 48.5 Å². The molecule has 0 unspecified atom stereocenters. The highest BCUT2D eigenvalue weighted by atomic mass is 79.9. The largest absolute Gasteiger partial charge is 0.278 e. The predicted octanol–water partition coefficient (Wildman–Crippen LogP) is 4.03. The average Bonchev–Trinajstić information content (AvgIpc) is 3.25. The molecule has 0 spiro atoms. The summed E-state index contributed by atoms with van der Waals surface area (Å²) in [5.74, 6) is -0.146. The zero-order valence-electron chi connectivity index (χ0n) is 13.8. The quantitative estimate of drug-likeness (QED) is 0.492. The van der Waals surface area contributed by atoms with Crippen LogP contribution in [0, 0.1) is 0 Å². The highest BCUT2D eigenvalue weighted by Crippen LogP contribution is 2.32. The number of carbonyl (C=O) groups is 1. The first-order valence-corrected chi connectivity index (χ1v) is 9.47. The Bertz CT molecular complexity index is 1080. The first-order chi connectivity index (χ1) is 12.6. The van der Waals surface area contributed by atoms with E-state index in [0.29, 0.717) is 17.4 Å². The van der Waals surface area contributed by atoms with Gasteiger partial charge in [-0.2, -0.15) is 5.10 Å². The van der Waals surface area contributed by atoms with Gasteiger partial charge in [-0.15, -0.1) is 0 Å². The molecule has 0 fully saturated rings. The molecular formula is C18H14BrN5OS. The van der Waals surface area contributed by atoms with Crippen molar-refractivity contribution in [3.05, 3.63) is 70.7 Å². The van der Waals surface area contributed by atoms with Crippen molar-refractivity contribution < 1.29 is 4.79 Å². The van der Waals surface area contributed by atoms with Gasteiger partial charge >= 0.3 is 0 Å². The molecule has 0 N–H and O–H groups in total. The molecule has 0 saturated carbocycles. The monoisotopic (exact) mass is 427 g/mol. The third kappa shape index (κ3) is 3.25. The van der Waals surface area contributed by atoms with E-state index in [0.717, 1.165) is 20.3 Å². The number of carbonyl (C=O) groups excluding carboxylic acids is 1. The van der Waals surface area contributed by atoms with Gasteiger partial charge in [0.1, 0.15) is 5.69 Å². The van der Waals surface area contributed by atoms with Gasteiger partial charge in [0.15, 0.2) is 5.13 Å². The van der Waals surface area contributed by atoms with Crippen LogP contribution in [0.3, 0.4) is 0 Å². The lowest BCUT2D eigenvalue weighted by atomic mass is 10.2. The Labute approximate surface area is 162 Å². The molecule has 26 heavy (non-hydrogen) atoms. The van der Waals surface area contributed by atoms with Crippen LogP contribution in [0.15, 0.2) is 59.5 Å². The van der Waals surface area contributed by atoms with E-state index in [9.17, 15) is 4.79 Å². The molecule has 3 aromatic heterocycles. The van der Waals surface area contributed by atoms with Crippen LogP contribution < -0.4 is 4.90 Å². The lowest BCUT2D eigenvalue weighted by Crippen LogP contribution is -2.31. The molecule has 8 heteroatoms. The average molecular weight is 428 g/mol. The second-order valence-electron chi connectivity index (χ2n) is 5.70. The SMILES string of the molecule is Cn1nccc1C(=O)N(Cc1cccnc1)c1nc2ccc(Br)cc2s1. The number of amides is 1. The smallest absolute Gasteiger partial charge is 0.278 e. The highest BCUT2D eigenvalue weighted by molar-refractivity contribution is 9.10. The standard InChI is InChI=1S/C18H14BrN5OS/c1-23-15(6-8-21-23)17(25)24(11-12-3-2-7-20-10-12)18-22-14-5-4-13(19)9-16(14)26-18/h2-10H,11H2,1H3. The van der Waals surface area contributed by atoms with Crippen molar-refractivity contribution in [2.24, 2.45) is 7.05 Å². The molecule has 130 valence electrons. The van der Waals surface area contributed by atoms with E-state index in [4.69, 9.17) is 0 Å². The molecule has 0 bridgehead atoms. The lowest BCUT2D eigenvalue weighted by Gasteiger charge is -2.19. The molecule has 0 aliphatic heterocycles. The number of halogens is 1. The predicted molar refractivity (Wildman–Crippen MR) is 105 cm³/mol. The number of pyridine rings is 1. The Balaban J connectivity index is 1.78. The number of aryl methyl sites for hydroxylation is 1. The van der Waals surface area contributed by atoms with Crippen LogP contribution in [0.1, 0.15) is 16.1 Å². The summed E-state index contributed by atoms with van der Waals surface area (Å²) < 4.78 is 3.57. The number of benzene rings is 1. The summed E-state index contributed by atoms with van der Waals surface area (Å²) in [6.45, 7) is 0.388. The first kappa shape index (κ1) is 16.9. The third-order valence-corrected chi connectivity index (χ3v) is 5.45. The molecule has 4 rings (SSSR count). The molecule has 0 saturated heterocycles. The van der Waals surface area contributed by atoms with Crippen LogP contribution in [-0.2, 0) is 13.6 Å². The molecule has 0 aliphatic rings. The topological polar surface area (TPSA) is 63.9 Å². The minimum absolute atomic E-state index is 0.146. The lowest BCUT2D eigenvalue weighted by molar-refractivity contribution is 0.0976. The summed E-state index contributed by atoms with van der Waals surface area (Å²) in [5.41, 5.74) is 2.31. The van der Waals surface area contributed by atoms with Crippen LogP contribution >= 0.6 is 27.3 Å². The van der Waals surface area contributed by atoms with Crippen LogP contribution in [-0.4, -0.2) is 25.7 Å². The third-order valence-electron chi connectivity index (χ3n) is 3.92. The van der Waals surface area contributed by atoms with Crippen LogP contribution in [0.2, 0.25) is 0 Å². The van der Waals surface area contributed by atoms with Gasteiger partial charge in [-0.05, 0) is 35.9 Å². The van der Waals surface area contributed by atoms with Gasteiger partial charge in [0.2, 0.25) is 0 Å². The highest BCUT2D eigenvalue weighted by Gasteiger charge is 2.24. The molecule has 0 aliphatic carbocycles. The number of aromatic nitrogens is 4. The second kappa shape index (κ2) is 6.97. The number of nitrogens with zero attached hydrogens (tertiary/aromatic N) is 5. The molecule has 1 aromatic carbocycles. The minimum Gasteiger partial charge on any atom is -0.278 e. The molecule has 3 heterocycles. The Morgan fingerprint density at radius 2 is 2.15 bits per heavy atom. The van der Waals surface area contributed by atoms with E-state index in [1.807, 2.05) is 30.3 Å². The fourth-order valence-corrected chi connectivity index (χ4v) is 4.14. The Kier molecular flexibility index (Phi) is 4.52. The number of hydrogen-bond donors (Lipinski definition) is 0. The van der Waals surface area contributed by atoms with Crippen molar-refractivity contribution in [1.82, 2.24) is 19.7 Å². The van der Waals surface area contributed by atoms with Gasteiger partial charge < -0.3 is 0 Å². The van der Waals surface area contributed by atoms with Crippen molar-refractivity contribution in [3.63, 3.8) is 0 Å². The molecule has 1 amide bonds. The summed E-state index contributed by atoms with van der Waals surface area (Å²) in [5, 5.41) is 4.76. The van der Waals surface area contributed by atoms with Crippen LogP contribution in [0.4, 0.5) is 5.13 Å². The van der Waals surface area contributed by atoms with E-state index in [1.54, 1.807) is 41.3 Å². The number of fused-ring (bicyclic) bond motifs is 1. The fourth-order valence-electron chi connectivity index (χ4n) is 2.62. The number of thiazole rings is 1. The molecule has 4 aromatic rings.